The van der Waals surface area contributed by atoms with Crippen molar-refractivity contribution < 1.29 is 4.52 Å². The number of nitrogens with two attached hydrogens (primary N) is 1. The minimum Gasteiger partial charge on any atom is -0.367 e. The van der Waals surface area contributed by atoms with Crippen molar-refractivity contribution in [1.82, 2.24) is 5.16 Å². The van der Waals surface area contributed by atoms with Gasteiger partial charge in [0.1, 0.15) is 0 Å². The lowest BCUT2D eigenvalue weighted by Crippen LogP contribution is -1.91. The number of aromatic nitrogens is 1. The van der Waals surface area contributed by atoms with Gasteiger partial charge in [0.05, 0.1) is 5.56 Å². The van der Waals surface area contributed by atoms with E-state index in [0.717, 1.165) is 5.56 Å². The second kappa shape index (κ2) is 2.62. The number of hydrogen-bond acceptors (Lipinski definition) is 3. The molecule has 0 bridgehead atoms. The molecule has 1 aromatic rings. The third kappa shape index (κ3) is 1.16. The molecule has 0 atom stereocenters. The Morgan fingerprint density at radius 1 is 1.60 bits per heavy atom. The zero-order valence-corrected chi connectivity index (χ0v) is 7.47. The fourth-order valence-corrected chi connectivity index (χ4v) is 1.54. The fraction of sp³-hybridized carbons (Fsp3) is 0.500. The Labute approximate surface area is 67.7 Å². The van der Waals surface area contributed by atoms with Gasteiger partial charge < -0.3 is 10.3 Å². The van der Waals surface area contributed by atoms with Crippen molar-refractivity contribution in [2.45, 2.75) is 19.8 Å². The molecule has 0 radical (unpaired) electrons. The summed E-state index contributed by atoms with van der Waals surface area (Å²) in [6.07, 6.45) is 0. The lowest BCUT2D eigenvalue weighted by atomic mass is 10.1. The third-order valence-corrected chi connectivity index (χ3v) is 1.86. The Balaban J connectivity index is 3.10. The number of anilines is 1. The molecule has 56 valence electrons. The van der Waals surface area contributed by atoms with Crippen LogP contribution in [0.2, 0.25) is 0 Å². The van der Waals surface area contributed by atoms with Gasteiger partial charge in [-0.2, -0.15) is 0 Å². The van der Waals surface area contributed by atoms with Gasteiger partial charge in [0, 0.05) is 0 Å². The Bertz CT molecular complexity index is 212. The Morgan fingerprint density at radius 2 is 2.20 bits per heavy atom. The molecule has 1 rings (SSSR count). The first-order valence-electron chi connectivity index (χ1n) is 3.03. The molecule has 0 aromatic carbocycles. The molecule has 2 N–H and O–H groups in total. The van der Waals surface area contributed by atoms with Crippen LogP contribution in [-0.2, 0) is 0 Å². The molecule has 3 nitrogen and oxygen atoms in total. The summed E-state index contributed by atoms with van der Waals surface area (Å²) in [5.41, 5.74) is 6.43. The van der Waals surface area contributed by atoms with Crippen LogP contribution in [0.1, 0.15) is 25.3 Å². The van der Waals surface area contributed by atoms with E-state index < -0.39 is 0 Å². The van der Waals surface area contributed by atoms with Crippen LogP contribution in [-0.4, -0.2) is 5.16 Å². The molecule has 0 saturated heterocycles. The second-order valence-corrected chi connectivity index (χ2v) is 3.16. The Hall–Kier alpha value is -0.510. The van der Waals surface area contributed by atoms with Gasteiger partial charge in [0.25, 0.3) is 0 Å². The van der Waals surface area contributed by atoms with E-state index in [2.05, 4.69) is 21.1 Å². The molecule has 0 saturated carbocycles. The average Bonchev–Trinajstić information content (AvgIpc) is 2.11. The van der Waals surface area contributed by atoms with Crippen molar-refractivity contribution in [3.8, 4) is 0 Å². The number of rotatable bonds is 1. The molecule has 0 aliphatic carbocycles. The van der Waals surface area contributed by atoms with Crippen LogP contribution in [0.5, 0.6) is 0 Å². The molecule has 1 aromatic heterocycles. The van der Waals surface area contributed by atoms with Gasteiger partial charge in [0.15, 0.2) is 4.60 Å². The van der Waals surface area contributed by atoms with E-state index in [1.54, 1.807) is 0 Å². The molecule has 10 heavy (non-hydrogen) atoms. The van der Waals surface area contributed by atoms with E-state index in [9.17, 15) is 0 Å². The van der Waals surface area contributed by atoms with E-state index in [1.165, 1.54) is 0 Å². The number of nitrogens with zero attached hydrogens (tertiary/aromatic N) is 1. The lowest BCUT2D eigenvalue weighted by molar-refractivity contribution is 0.431. The highest BCUT2D eigenvalue weighted by Crippen LogP contribution is 2.28. The van der Waals surface area contributed by atoms with Crippen LogP contribution in [0.4, 0.5) is 5.88 Å². The van der Waals surface area contributed by atoms with Crippen molar-refractivity contribution in [2.75, 3.05) is 5.73 Å². The van der Waals surface area contributed by atoms with Gasteiger partial charge in [-0.3, -0.25) is 0 Å². The first-order valence-corrected chi connectivity index (χ1v) is 3.82. The van der Waals surface area contributed by atoms with E-state index in [1.807, 2.05) is 13.8 Å². The molecule has 0 aliphatic heterocycles. The number of hydrogen-bond donors (Lipinski definition) is 1. The SMILES string of the molecule is CC(C)c1c(Br)noc1N. The summed E-state index contributed by atoms with van der Waals surface area (Å²) in [6.45, 7) is 4.07. The molecular formula is C6H9BrN2O. The van der Waals surface area contributed by atoms with Crippen molar-refractivity contribution in [1.29, 1.82) is 0 Å². The molecule has 4 heteroatoms. The highest BCUT2D eigenvalue weighted by Gasteiger charge is 2.13. The van der Waals surface area contributed by atoms with Gasteiger partial charge in [-0.15, -0.1) is 0 Å². The predicted octanol–water partition coefficient (Wildman–Crippen LogP) is 2.14. The van der Waals surface area contributed by atoms with Crippen LogP contribution in [0.3, 0.4) is 0 Å². The normalized spacial score (nSPS) is 10.8. The van der Waals surface area contributed by atoms with E-state index in [0.29, 0.717) is 16.4 Å². The van der Waals surface area contributed by atoms with Gasteiger partial charge in [-0.05, 0) is 21.8 Å². The van der Waals surface area contributed by atoms with Gasteiger partial charge in [-0.1, -0.05) is 19.0 Å². The van der Waals surface area contributed by atoms with Crippen LogP contribution < -0.4 is 5.73 Å². The van der Waals surface area contributed by atoms with Crippen LogP contribution in [0.25, 0.3) is 0 Å². The van der Waals surface area contributed by atoms with Crippen LogP contribution >= 0.6 is 15.9 Å². The minimum atomic E-state index is 0.348. The zero-order chi connectivity index (χ0) is 7.72. The summed E-state index contributed by atoms with van der Waals surface area (Å²) in [5, 5.41) is 3.65. The largest absolute Gasteiger partial charge is 0.367 e. The van der Waals surface area contributed by atoms with E-state index in [4.69, 9.17) is 10.3 Å². The first-order chi connectivity index (χ1) is 4.63. The van der Waals surface area contributed by atoms with E-state index >= 15 is 0 Å². The number of nitrogen functional groups attached to an aromatic ring is 1. The van der Waals surface area contributed by atoms with Gasteiger partial charge in [-0.25, -0.2) is 0 Å². The van der Waals surface area contributed by atoms with Crippen LogP contribution in [0.15, 0.2) is 9.13 Å². The summed E-state index contributed by atoms with van der Waals surface area (Å²) >= 11 is 3.23. The topological polar surface area (TPSA) is 52.0 Å². The highest BCUT2D eigenvalue weighted by atomic mass is 79.9. The summed E-state index contributed by atoms with van der Waals surface area (Å²) in [5.74, 6) is 0.752. The average molecular weight is 205 g/mol. The summed E-state index contributed by atoms with van der Waals surface area (Å²) in [7, 11) is 0. The number of halogens is 1. The predicted molar refractivity (Wildman–Crippen MR) is 42.7 cm³/mol. The third-order valence-electron chi connectivity index (χ3n) is 1.29. The lowest BCUT2D eigenvalue weighted by Gasteiger charge is -1.99. The molecule has 0 amide bonds. The maximum absolute atomic E-state index is 5.48. The molecule has 0 spiro atoms. The fourth-order valence-electron chi connectivity index (χ4n) is 0.812. The van der Waals surface area contributed by atoms with Gasteiger partial charge in [0.2, 0.25) is 5.88 Å². The standard InChI is InChI=1S/C6H9BrN2O/c1-3(2)4-5(7)9-10-6(4)8/h3H,8H2,1-2H3. The van der Waals surface area contributed by atoms with Crippen LogP contribution in [0, 0.1) is 0 Å². The monoisotopic (exact) mass is 204 g/mol. The summed E-state index contributed by atoms with van der Waals surface area (Å²) in [6, 6.07) is 0. The summed E-state index contributed by atoms with van der Waals surface area (Å²) in [4.78, 5) is 0. The second-order valence-electron chi connectivity index (χ2n) is 2.41. The van der Waals surface area contributed by atoms with E-state index in [-0.39, 0.29) is 0 Å². The maximum atomic E-state index is 5.48. The van der Waals surface area contributed by atoms with Gasteiger partial charge >= 0.3 is 0 Å². The van der Waals surface area contributed by atoms with Crippen molar-refractivity contribution >= 4 is 21.8 Å². The first kappa shape index (κ1) is 7.60. The van der Waals surface area contributed by atoms with Crippen molar-refractivity contribution in [2.24, 2.45) is 0 Å². The van der Waals surface area contributed by atoms with Crippen molar-refractivity contribution in [3.05, 3.63) is 10.2 Å². The summed E-state index contributed by atoms with van der Waals surface area (Å²) < 4.78 is 5.45. The Morgan fingerprint density at radius 3 is 2.40 bits per heavy atom. The quantitative estimate of drug-likeness (QED) is 0.763. The van der Waals surface area contributed by atoms with Crippen molar-refractivity contribution in [3.63, 3.8) is 0 Å². The molecule has 0 unspecified atom stereocenters. The minimum absolute atomic E-state index is 0.348. The zero-order valence-electron chi connectivity index (χ0n) is 5.89. The molecule has 1 heterocycles. The molecule has 0 fully saturated rings. The molecule has 0 aliphatic rings. The highest BCUT2D eigenvalue weighted by molar-refractivity contribution is 9.10. The maximum Gasteiger partial charge on any atom is 0.226 e. The smallest absolute Gasteiger partial charge is 0.226 e. The Kier molecular flexibility index (Phi) is 1.99. The molecular weight excluding hydrogens is 196 g/mol.